The van der Waals surface area contributed by atoms with Gasteiger partial charge in [0.05, 0.1) is 17.2 Å². The van der Waals surface area contributed by atoms with Crippen molar-refractivity contribution in [3.63, 3.8) is 0 Å². The summed E-state index contributed by atoms with van der Waals surface area (Å²) < 4.78 is 11.5. The fourth-order valence-corrected chi connectivity index (χ4v) is 3.55. The van der Waals surface area contributed by atoms with Crippen LogP contribution in [-0.4, -0.2) is 36.0 Å². The van der Waals surface area contributed by atoms with Crippen LogP contribution in [0.15, 0.2) is 66.7 Å². The van der Waals surface area contributed by atoms with Crippen molar-refractivity contribution in [2.24, 2.45) is 0 Å². The second-order valence-electron chi connectivity index (χ2n) is 7.85. The maximum atomic E-state index is 12.7. The number of amides is 2. The Labute approximate surface area is 196 Å². The van der Waals surface area contributed by atoms with Gasteiger partial charge in [0.1, 0.15) is 18.1 Å². The molecule has 0 fully saturated rings. The highest BCUT2D eigenvalue weighted by Crippen LogP contribution is 2.36. The second kappa shape index (κ2) is 9.62. The number of carbonyl (C=O) groups excluding carboxylic acids is 2. The first kappa shape index (κ1) is 22.8. The third-order valence-electron chi connectivity index (χ3n) is 5.37. The van der Waals surface area contributed by atoms with Crippen LogP contribution in [0.1, 0.15) is 22.8 Å². The molecule has 34 heavy (non-hydrogen) atoms. The van der Waals surface area contributed by atoms with Gasteiger partial charge < -0.3 is 19.7 Å². The van der Waals surface area contributed by atoms with Crippen LogP contribution >= 0.6 is 0 Å². The van der Waals surface area contributed by atoms with Crippen LogP contribution in [0.5, 0.6) is 11.5 Å². The van der Waals surface area contributed by atoms with Crippen molar-refractivity contribution in [1.82, 2.24) is 0 Å². The molecule has 1 unspecified atom stereocenters. The predicted molar refractivity (Wildman–Crippen MR) is 127 cm³/mol. The second-order valence-corrected chi connectivity index (χ2v) is 7.85. The lowest BCUT2D eigenvalue weighted by molar-refractivity contribution is -0.384. The maximum Gasteiger partial charge on any atom is 0.269 e. The first-order valence-electron chi connectivity index (χ1n) is 10.7. The number of nitrogens with one attached hydrogen (secondary N) is 1. The summed E-state index contributed by atoms with van der Waals surface area (Å²) in [6, 6.07) is 18.0. The number of fused-ring (bicyclic) bond motifs is 1. The van der Waals surface area contributed by atoms with Crippen LogP contribution in [0.2, 0.25) is 0 Å². The first-order valence-corrected chi connectivity index (χ1v) is 10.7. The van der Waals surface area contributed by atoms with Gasteiger partial charge in [-0.2, -0.15) is 0 Å². The Hall–Kier alpha value is -4.40. The predicted octanol–water partition coefficient (Wildman–Crippen LogP) is 4.35. The number of nitro benzene ring substituents is 1. The van der Waals surface area contributed by atoms with Gasteiger partial charge in [0.25, 0.3) is 17.5 Å². The minimum Gasteiger partial charge on any atom is -0.492 e. The van der Waals surface area contributed by atoms with Crippen molar-refractivity contribution in [3.8, 4) is 11.5 Å². The molecule has 3 aromatic carbocycles. The Balaban J connectivity index is 1.45. The quantitative estimate of drug-likeness (QED) is 0.414. The SMILES string of the molecule is Cc1ccc(OCCN2C(=O)C(C)Oc3cc(NC(=O)c4ccc([N+](=O)[O-])cc4)ccc32)cc1. The van der Waals surface area contributed by atoms with Crippen molar-refractivity contribution in [2.45, 2.75) is 20.0 Å². The third-order valence-corrected chi connectivity index (χ3v) is 5.37. The smallest absolute Gasteiger partial charge is 0.269 e. The van der Waals surface area contributed by atoms with E-state index in [1.54, 1.807) is 30.0 Å². The van der Waals surface area contributed by atoms with E-state index >= 15 is 0 Å². The molecule has 1 N–H and O–H groups in total. The van der Waals surface area contributed by atoms with E-state index in [1.165, 1.54) is 24.3 Å². The minimum absolute atomic E-state index is 0.0937. The van der Waals surface area contributed by atoms with Gasteiger partial charge in [-0.05, 0) is 50.2 Å². The normalized spacial score (nSPS) is 14.7. The Morgan fingerprint density at radius 2 is 1.82 bits per heavy atom. The van der Waals surface area contributed by atoms with E-state index in [9.17, 15) is 19.7 Å². The number of benzene rings is 3. The molecule has 0 saturated carbocycles. The molecule has 9 heteroatoms. The summed E-state index contributed by atoms with van der Waals surface area (Å²) >= 11 is 0. The van der Waals surface area contributed by atoms with E-state index in [0.29, 0.717) is 30.3 Å². The number of nitro groups is 1. The topological polar surface area (TPSA) is 111 Å². The molecule has 2 amide bonds. The molecule has 0 bridgehead atoms. The zero-order valence-electron chi connectivity index (χ0n) is 18.7. The number of rotatable bonds is 7. The van der Waals surface area contributed by atoms with Crippen LogP contribution in [-0.2, 0) is 4.79 Å². The van der Waals surface area contributed by atoms with Gasteiger partial charge >= 0.3 is 0 Å². The number of ether oxygens (including phenoxy) is 2. The molecule has 0 saturated heterocycles. The lowest BCUT2D eigenvalue weighted by Gasteiger charge is -2.33. The molecule has 1 aliphatic heterocycles. The lowest BCUT2D eigenvalue weighted by Crippen LogP contribution is -2.46. The Bertz CT molecular complexity index is 1220. The molecule has 9 nitrogen and oxygen atoms in total. The summed E-state index contributed by atoms with van der Waals surface area (Å²) in [6.45, 7) is 4.31. The molecule has 4 rings (SSSR count). The van der Waals surface area contributed by atoms with Crippen molar-refractivity contribution in [3.05, 3.63) is 88.0 Å². The molecule has 0 spiro atoms. The van der Waals surface area contributed by atoms with E-state index < -0.39 is 16.9 Å². The van der Waals surface area contributed by atoms with E-state index in [2.05, 4.69) is 5.32 Å². The summed E-state index contributed by atoms with van der Waals surface area (Å²) in [5, 5.41) is 13.5. The number of hydrogen-bond donors (Lipinski definition) is 1. The Kier molecular flexibility index (Phi) is 6.44. The number of nitrogens with zero attached hydrogens (tertiary/aromatic N) is 2. The number of aryl methyl sites for hydroxylation is 1. The standard InChI is InChI=1S/C25H23N3O6/c1-16-3-10-21(11-4-16)33-14-13-27-22-12-7-19(15-23(22)34-17(2)25(27)30)26-24(29)18-5-8-20(9-6-18)28(31)32/h3-12,15,17H,13-14H2,1-2H3,(H,26,29). The molecule has 1 atom stereocenters. The molecular weight excluding hydrogens is 438 g/mol. The van der Waals surface area contributed by atoms with Gasteiger partial charge in [-0.1, -0.05) is 17.7 Å². The van der Waals surface area contributed by atoms with Crippen molar-refractivity contribution in [2.75, 3.05) is 23.4 Å². The van der Waals surface area contributed by atoms with Gasteiger partial charge in [-0.15, -0.1) is 0 Å². The van der Waals surface area contributed by atoms with Crippen LogP contribution in [0, 0.1) is 17.0 Å². The molecule has 1 aliphatic rings. The van der Waals surface area contributed by atoms with Crippen molar-refractivity contribution < 1.29 is 24.0 Å². The number of hydrogen-bond acceptors (Lipinski definition) is 6. The molecule has 3 aromatic rings. The fraction of sp³-hybridized carbons (Fsp3) is 0.200. The lowest BCUT2D eigenvalue weighted by atomic mass is 10.1. The average Bonchev–Trinajstić information content (AvgIpc) is 2.82. The summed E-state index contributed by atoms with van der Waals surface area (Å²) in [6.07, 6.45) is -0.688. The summed E-state index contributed by atoms with van der Waals surface area (Å²) in [7, 11) is 0. The summed E-state index contributed by atoms with van der Waals surface area (Å²) in [4.78, 5) is 37.1. The van der Waals surface area contributed by atoms with Crippen LogP contribution in [0.25, 0.3) is 0 Å². The highest BCUT2D eigenvalue weighted by atomic mass is 16.6. The monoisotopic (exact) mass is 461 g/mol. The summed E-state index contributed by atoms with van der Waals surface area (Å²) in [5.41, 5.74) is 2.38. The van der Waals surface area contributed by atoms with Gasteiger partial charge in [0.2, 0.25) is 0 Å². The van der Waals surface area contributed by atoms with Gasteiger partial charge in [0, 0.05) is 29.4 Å². The molecule has 174 valence electrons. The summed E-state index contributed by atoms with van der Waals surface area (Å²) in [5.74, 6) is 0.591. The Morgan fingerprint density at radius 3 is 2.50 bits per heavy atom. The minimum atomic E-state index is -0.688. The van der Waals surface area contributed by atoms with E-state index in [-0.39, 0.29) is 17.2 Å². The largest absolute Gasteiger partial charge is 0.492 e. The number of non-ortho nitro benzene ring substituents is 1. The van der Waals surface area contributed by atoms with Gasteiger partial charge in [-0.3, -0.25) is 19.7 Å². The highest BCUT2D eigenvalue weighted by molar-refractivity contribution is 6.05. The fourth-order valence-electron chi connectivity index (χ4n) is 3.55. The van der Waals surface area contributed by atoms with E-state index in [1.807, 2.05) is 31.2 Å². The number of carbonyl (C=O) groups is 2. The zero-order chi connectivity index (χ0) is 24.2. The highest BCUT2D eigenvalue weighted by Gasteiger charge is 2.31. The molecule has 0 aromatic heterocycles. The van der Waals surface area contributed by atoms with Crippen LogP contribution in [0.3, 0.4) is 0 Å². The Morgan fingerprint density at radius 1 is 1.12 bits per heavy atom. The maximum absolute atomic E-state index is 12.7. The average molecular weight is 461 g/mol. The molecular formula is C25H23N3O6. The molecule has 0 aliphatic carbocycles. The van der Waals surface area contributed by atoms with Crippen LogP contribution in [0.4, 0.5) is 17.1 Å². The first-order chi connectivity index (χ1) is 16.3. The van der Waals surface area contributed by atoms with Crippen molar-refractivity contribution >= 4 is 28.9 Å². The third kappa shape index (κ3) is 4.98. The molecule has 0 radical (unpaired) electrons. The zero-order valence-corrected chi connectivity index (χ0v) is 18.7. The van der Waals surface area contributed by atoms with E-state index in [4.69, 9.17) is 9.47 Å². The number of anilines is 2. The van der Waals surface area contributed by atoms with Crippen LogP contribution < -0.4 is 19.7 Å². The van der Waals surface area contributed by atoms with E-state index in [0.717, 1.165) is 11.3 Å². The van der Waals surface area contributed by atoms with Gasteiger partial charge in [-0.25, -0.2) is 0 Å². The molecule has 1 heterocycles. The van der Waals surface area contributed by atoms with Gasteiger partial charge in [0.15, 0.2) is 6.10 Å². The van der Waals surface area contributed by atoms with Crippen molar-refractivity contribution in [1.29, 1.82) is 0 Å².